The second-order valence-corrected chi connectivity index (χ2v) is 5.16. The highest BCUT2D eigenvalue weighted by Gasteiger charge is 2.15. The number of hydrogen-bond acceptors (Lipinski definition) is 1. The predicted molar refractivity (Wildman–Crippen MR) is 82.9 cm³/mol. The fraction of sp³-hybridized carbons (Fsp3) is 0.278. The number of carbonyl (C=O) groups is 1. The second-order valence-electron chi connectivity index (χ2n) is 5.16. The van der Waals surface area contributed by atoms with E-state index in [-0.39, 0.29) is 11.9 Å². The second kappa shape index (κ2) is 6.38. The van der Waals surface area contributed by atoms with Gasteiger partial charge in [-0.2, -0.15) is 0 Å². The zero-order valence-corrected chi connectivity index (χ0v) is 12.3. The van der Waals surface area contributed by atoms with Crippen LogP contribution in [0.15, 0.2) is 48.5 Å². The van der Waals surface area contributed by atoms with E-state index < -0.39 is 0 Å². The highest BCUT2D eigenvalue weighted by atomic mass is 16.1. The number of rotatable bonds is 4. The molecule has 0 heterocycles. The summed E-state index contributed by atoms with van der Waals surface area (Å²) < 4.78 is 0. The van der Waals surface area contributed by atoms with E-state index in [2.05, 4.69) is 43.4 Å². The lowest BCUT2D eigenvalue weighted by Gasteiger charge is -2.18. The molecule has 0 spiro atoms. The van der Waals surface area contributed by atoms with Crippen LogP contribution in [0.5, 0.6) is 0 Å². The van der Waals surface area contributed by atoms with Gasteiger partial charge in [-0.3, -0.25) is 4.79 Å². The molecule has 2 nitrogen and oxygen atoms in total. The summed E-state index contributed by atoms with van der Waals surface area (Å²) in [6, 6.07) is 16.1. The molecule has 0 fully saturated rings. The summed E-state index contributed by atoms with van der Waals surface area (Å²) in [4.78, 5) is 12.4. The summed E-state index contributed by atoms with van der Waals surface area (Å²) >= 11 is 0. The maximum Gasteiger partial charge on any atom is 0.252 e. The van der Waals surface area contributed by atoms with E-state index >= 15 is 0 Å². The van der Waals surface area contributed by atoms with Crippen molar-refractivity contribution >= 4 is 5.91 Å². The first-order chi connectivity index (χ1) is 9.61. The first-order valence-corrected chi connectivity index (χ1v) is 7.05. The van der Waals surface area contributed by atoms with Crippen LogP contribution < -0.4 is 5.32 Å². The van der Waals surface area contributed by atoms with Gasteiger partial charge in [-0.25, -0.2) is 0 Å². The third-order valence-corrected chi connectivity index (χ3v) is 3.58. The van der Waals surface area contributed by atoms with Crippen LogP contribution in [0.1, 0.15) is 46.4 Å². The van der Waals surface area contributed by atoms with Crippen molar-refractivity contribution in [2.75, 3.05) is 0 Å². The zero-order valence-electron chi connectivity index (χ0n) is 12.3. The van der Waals surface area contributed by atoms with Crippen molar-refractivity contribution in [2.45, 2.75) is 33.2 Å². The Morgan fingerprint density at radius 1 is 1.05 bits per heavy atom. The van der Waals surface area contributed by atoms with Crippen molar-refractivity contribution in [2.24, 2.45) is 0 Å². The molecule has 0 bridgehead atoms. The number of aryl methyl sites for hydroxylation is 2. The van der Waals surface area contributed by atoms with Crippen LogP contribution in [-0.4, -0.2) is 5.91 Å². The van der Waals surface area contributed by atoms with Gasteiger partial charge < -0.3 is 5.32 Å². The molecule has 2 aromatic carbocycles. The number of hydrogen-bond donors (Lipinski definition) is 1. The van der Waals surface area contributed by atoms with Gasteiger partial charge >= 0.3 is 0 Å². The fourth-order valence-electron chi connectivity index (χ4n) is 2.28. The molecule has 1 atom stereocenters. The lowest BCUT2D eigenvalue weighted by atomic mass is 10.0. The highest BCUT2D eigenvalue weighted by Crippen LogP contribution is 2.18. The molecule has 0 saturated carbocycles. The molecule has 1 N–H and O–H groups in total. The molecule has 1 amide bonds. The van der Waals surface area contributed by atoms with Crippen LogP contribution in [0.2, 0.25) is 0 Å². The third kappa shape index (κ3) is 3.27. The molecule has 2 rings (SSSR count). The SMILES string of the molecule is CCC(NC(=O)c1ccccc1C)c1ccc(C)cc1. The number of carbonyl (C=O) groups excluding carboxylic acids is 1. The van der Waals surface area contributed by atoms with Crippen LogP contribution in [-0.2, 0) is 0 Å². The molecule has 0 aliphatic rings. The highest BCUT2D eigenvalue weighted by molar-refractivity contribution is 5.95. The Labute approximate surface area is 120 Å². The predicted octanol–water partition coefficient (Wildman–Crippen LogP) is 4.18. The van der Waals surface area contributed by atoms with Gasteiger partial charge in [0.2, 0.25) is 0 Å². The third-order valence-electron chi connectivity index (χ3n) is 3.58. The van der Waals surface area contributed by atoms with Crippen LogP contribution in [0.3, 0.4) is 0 Å². The van der Waals surface area contributed by atoms with Crippen LogP contribution in [0, 0.1) is 13.8 Å². The van der Waals surface area contributed by atoms with Gasteiger partial charge in [0.15, 0.2) is 0 Å². The normalized spacial score (nSPS) is 11.9. The molecule has 2 heteroatoms. The molecule has 0 aromatic heterocycles. The number of amides is 1. The summed E-state index contributed by atoms with van der Waals surface area (Å²) in [6.07, 6.45) is 0.876. The Hall–Kier alpha value is -2.09. The number of benzene rings is 2. The lowest BCUT2D eigenvalue weighted by molar-refractivity contribution is 0.0935. The smallest absolute Gasteiger partial charge is 0.252 e. The quantitative estimate of drug-likeness (QED) is 0.884. The van der Waals surface area contributed by atoms with Gasteiger partial charge in [-0.05, 0) is 37.5 Å². The van der Waals surface area contributed by atoms with E-state index in [0.717, 1.165) is 23.1 Å². The van der Waals surface area contributed by atoms with Crippen molar-refractivity contribution in [3.63, 3.8) is 0 Å². The minimum absolute atomic E-state index is 0.00414. The zero-order chi connectivity index (χ0) is 14.5. The molecular formula is C18H21NO. The Kier molecular flexibility index (Phi) is 4.57. The maximum absolute atomic E-state index is 12.4. The minimum Gasteiger partial charge on any atom is -0.345 e. The van der Waals surface area contributed by atoms with Crippen molar-refractivity contribution in [3.8, 4) is 0 Å². The average Bonchev–Trinajstić information content (AvgIpc) is 2.46. The lowest BCUT2D eigenvalue weighted by Crippen LogP contribution is -2.28. The molecule has 0 aliphatic heterocycles. The molecular weight excluding hydrogens is 246 g/mol. The largest absolute Gasteiger partial charge is 0.345 e. The molecule has 0 radical (unpaired) electrons. The van der Waals surface area contributed by atoms with Crippen LogP contribution >= 0.6 is 0 Å². The van der Waals surface area contributed by atoms with Crippen LogP contribution in [0.25, 0.3) is 0 Å². The van der Waals surface area contributed by atoms with E-state index in [1.165, 1.54) is 5.56 Å². The van der Waals surface area contributed by atoms with E-state index in [0.29, 0.717) is 0 Å². The molecule has 0 saturated heterocycles. The monoisotopic (exact) mass is 267 g/mol. The van der Waals surface area contributed by atoms with E-state index in [1.54, 1.807) is 0 Å². The summed E-state index contributed by atoms with van der Waals surface area (Å²) in [5.41, 5.74) is 4.13. The Bertz CT molecular complexity index is 587. The summed E-state index contributed by atoms with van der Waals surface area (Å²) in [5, 5.41) is 3.12. The molecule has 1 unspecified atom stereocenters. The first-order valence-electron chi connectivity index (χ1n) is 7.05. The molecule has 2 aromatic rings. The summed E-state index contributed by atoms with van der Waals surface area (Å²) in [5.74, 6) is -0.00414. The van der Waals surface area contributed by atoms with Crippen molar-refractivity contribution in [3.05, 3.63) is 70.8 Å². The number of nitrogens with one attached hydrogen (secondary N) is 1. The summed E-state index contributed by atoms with van der Waals surface area (Å²) in [7, 11) is 0. The van der Waals surface area contributed by atoms with Gasteiger partial charge in [0.05, 0.1) is 6.04 Å². The van der Waals surface area contributed by atoms with Gasteiger partial charge in [-0.1, -0.05) is 55.0 Å². The van der Waals surface area contributed by atoms with Crippen LogP contribution in [0.4, 0.5) is 0 Å². The Morgan fingerprint density at radius 2 is 1.70 bits per heavy atom. The topological polar surface area (TPSA) is 29.1 Å². The van der Waals surface area contributed by atoms with Gasteiger partial charge in [0, 0.05) is 5.56 Å². The Morgan fingerprint density at radius 3 is 2.30 bits per heavy atom. The first kappa shape index (κ1) is 14.3. The standard InChI is InChI=1S/C18H21NO/c1-4-17(15-11-9-13(2)10-12-15)19-18(20)16-8-6-5-7-14(16)3/h5-12,17H,4H2,1-3H3,(H,19,20). The van der Waals surface area contributed by atoms with Gasteiger partial charge in [-0.15, -0.1) is 0 Å². The maximum atomic E-state index is 12.4. The molecule has 104 valence electrons. The van der Waals surface area contributed by atoms with Gasteiger partial charge in [0.1, 0.15) is 0 Å². The minimum atomic E-state index is -0.00414. The van der Waals surface area contributed by atoms with E-state index in [4.69, 9.17) is 0 Å². The molecule has 20 heavy (non-hydrogen) atoms. The van der Waals surface area contributed by atoms with Crippen molar-refractivity contribution in [1.29, 1.82) is 0 Å². The Balaban J connectivity index is 2.16. The van der Waals surface area contributed by atoms with Crippen molar-refractivity contribution in [1.82, 2.24) is 5.32 Å². The summed E-state index contributed by atoms with van der Waals surface area (Å²) in [6.45, 7) is 6.11. The van der Waals surface area contributed by atoms with Crippen molar-refractivity contribution < 1.29 is 4.79 Å². The van der Waals surface area contributed by atoms with E-state index in [1.807, 2.05) is 31.2 Å². The average molecular weight is 267 g/mol. The van der Waals surface area contributed by atoms with E-state index in [9.17, 15) is 4.79 Å². The fourth-order valence-corrected chi connectivity index (χ4v) is 2.28. The molecule has 0 aliphatic carbocycles. The van der Waals surface area contributed by atoms with Gasteiger partial charge in [0.25, 0.3) is 5.91 Å².